The Balaban J connectivity index is 1.69. The van der Waals surface area contributed by atoms with Crippen LogP contribution in [0, 0.1) is 0 Å². The van der Waals surface area contributed by atoms with Gasteiger partial charge in [0.2, 0.25) is 5.91 Å². The first-order chi connectivity index (χ1) is 10.2. The fraction of sp³-hybridized carbons (Fsp3) is 0.467. The monoisotopic (exact) mass is 291 g/mol. The van der Waals surface area contributed by atoms with E-state index in [1.165, 1.54) is 0 Å². The summed E-state index contributed by atoms with van der Waals surface area (Å²) in [6.45, 7) is 4.18. The van der Waals surface area contributed by atoms with E-state index < -0.39 is 0 Å². The SMILES string of the molecule is CC1CNCCN1C(=O)CNC(=O)COc1ccccc1. The molecule has 1 aromatic rings. The lowest BCUT2D eigenvalue weighted by atomic mass is 10.2. The predicted molar refractivity (Wildman–Crippen MR) is 79.0 cm³/mol. The van der Waals surface area contributed by atoms with E-state index in [1.54, 1.807) is 17.0 Å². The Labute approximate surface area is 124 Å². The number of rotatable bonds is 5. The quantitative estimate of drug-likeness (QED) is 0.801. The lowest BCUT2D eigenvalue weighted by Crippen LogP contribution is -2.54. The molecule has 0 spiro atoms. The van der Waals surface area contributed by atoms with Gasteiger partial charge in [0.25, 0.3) is 5.91 Å². The highest BCUT2D eigenvalue weighted by Gasteiger charge is 2.22. The smallest absolute Gasteiger partial charge is 0.258 e. The van der Waals surface area contributed by atoms with Crippen LogP contribution in [0.15, 0.2) is 30.3 Å². The molecule has 2 amide bonds. The molecule has 6 nitrogen and oxygen atoms in total. The second-order valence-corrected chi connectivity index (χ2v) is 5.02. The summed E-state index contributed by atoms with van der Waals surface area (Å²) >= 11 is 0. The van der Waals surface area contributed by atoms with Crippen molar-refractivity contribution >= 4 is 11.8 Å². The van der Waals surface area contributed by atoms with E-state index in [9.17, 15) is 9.59 Å². The van der Waals surface area contributed by atoms with Crippen LogP contribution in [0.25, 0.3) is 0 Å². The van der Waals surface area contributed by atoms with Gasteiger partial charge in [0.1, 0.15) is 5.75 Å². The predicted octanol–water partition coefficient (Wildman–Crippen LogP) is 0.00190. The number of para-hydroxylation sites is 1. The zero-order valence-electron chi connectivity index (χ0n) is 12.2. The average molecular weight is 291 g/mol. The van der Waals surface area contributed by atoms with Crippen molar-refractivity contribution in [3.8, 4) is 5.75 Å². The number of nitrogens with one attached hydrogen (secondary N) is 2. The van der Waals surface area contributed by atoms with Gasteiger partial charge in [0.05, 0.1) is 6.54 Å². The van der Waals surface area contributed by atoms with Crippen LogP contribution in [-0.2, 0) is 9.59 Å². The van der Waals surface area contributed by atoms with Crippen LogP contribution in [0.3, 0.4) is 0 Å². The third kappa shape index (κ3) is 4.75. The Kier molecular flexibility index (Phi) is 5.57. The highest BCUT2D eigenvalue weighted by Crippen LogP contribution is 2.07. The molecule has 114 valence electrons. The number of benzene rings is 1. The van der Waals surface area contributed by atoms with Crippen molar-refractivity contribution in [1.29, 1.82) is 0 Å². The summed E-state index contributed by atoms with van der Waals surface area (Å²) < 4.78 is 5.32. The first-order valence-corrected chi connectivity index (χ1v) is 7.11. The number of hydrogen-bond acceptors (Lipinski definition) is 4. The summed E-state index contributed by atoms with van der Waals surface area (Å²) in [6, 6.07) is 9.26. The Morgan fingerprint density at radius 1 is 1.38 bits per heavy atom. The zero-order valence-corrected chi connectivity index (χ0v) is 12.2. The maximum atomic E-state index is 12.0. The summed E-state index contributed by atoms with van der Waals surface area (Å²) in [5.41, 5.74) is 0. The molecule has 1 atom stereocenters. The molecule has 1 unspecified atom stereocenters. The maximum Gasteiger partial charge on any atom is 0.258 e. The molecular weight excluding hydrogens is 270 g/mol. The zero-order chi connectivity index (χ0) is 15.1. The molecule has 1 aliphatic rings. The van der Waals surface area contributed by atoms with Crippen molar-refractivity contribution < 1.29 is 14.3 Å². The number of nitrogens with zero attached hydrogens (tertiary/aromatic N) is 1. The Morgan fingerprint density at radius 3 is 2.86 bits per heavy atom. The van der Waals surface area contributed by atoms with E-state index in [4.69, 9.17) is 4.74 Å². The molecule has 1 aliphatic heterocycles. The van der Waals surface area contributed by atoms with Gasteiger partial charge in [0, 0.05) is 25.7 Å². The van der Waals surface area contributed by atoms with E-state index in [2.05, 4.69) is 10.6 Å². The minimum atomic E-state index is -0.296. The normalized spacial score (nSPS) is 18.1. The molecule has 1 fully saturated rings. The van der Waals surface area contributed by atoms with Crippen LogP contribution in [0.2, 0.25) is 0 Å². The molecule has 0 bridgehead atoms. The van der Waals surface area contributed by atoms with Gasteiger partial charge >= 0.3 is 0 Å². The molecule has 1 aromatic carbocycles. The first-order valence-electron chi connectivity index (χ1n) is 7.11. The molecule has 6 heteroatoms. The van der Waals surface area contributed by atoms with E-state index in [1.807, 2.05) is 25.1 Å². The fourth-order valence-corrected chi connectivity index (χ4v) is 2.20. The van der Waals surface area contributed by atoms with Crippen LogP contribution >= 0.6 is 0 Å². The number of amides is 2. The van der Waals surface area contributed by atoms with E-state index in [0.29, 0.717) is 12.3 Å². The van der Waals surface area contributed by atoms with Gasteiger partial charge in [0.15, 0.2) is 6.61 Å². The van der Waals surface area contributed by atoms with Gasteiger partial charge in [-0.1, -0.05) is 18.2 Å². The fourth-order valence-electron chi connectivity index (χ4n) is 2.20. The molecule has 0 aliphatic carbocycles. The number of ether oxygens (including phenoxy) is 1. The van der Waals surface area contributed by atoms with Gasteiger partial charge in [-0.05, 0) is 19.1 Å². The van der Waals surface area contributed by atoms with Crippen LogP contribution in [0.5, 0.6) is 5.75 Å². The average Bonchev–Trinajstić information content (AvgIpc) is 2.52. The minimum Gasteiger partial charge on any atom is -0.484 e. The number of carbonyl (C=O) groups is 2. The van der Waals surface area contributed by atoms with Gasteiger partial charge in [-0.15, -0.1) is 0 Å². The number of carbonyl (C=O) groups excluding carboxylic acids is 2. The van der Waals surface area contributed by atoms with Crippen molar-refractivity contribution in [2.24, 2.45) is 0 Å². The molecule has 0 radical (unpaired) electrons. The largest absolute Gasteiger partial charge is 0.484 e. The maximum absolute atomic E-state index is 12.0. The highest BCUT2D eigenvalue weighted by atomic mass is 16.5. The molecule has 0 saturated carbocycles. The summed E-state index contributed by atoms with van der Waals surface area (Å²) in [4.78, 5) is 25.5. The Morgan fingerprint density at radius 2 is 2.14 bits per heavy atom. The van der Waals surface area contributed by atoms with Crippen LogP contribution in [0.4, 0.5) is 0 Å². The number of piperazine rings is 1. The molecule has 0 aromatic heterocycles. The van der Waals surface area contributed by atoms with Crippen molar-refractivity contribution in [3.05, 3.63) is 30.3 Å². The molecule has 1 heterocycles. The number of hydrogen-bond donors (Lipinski definition) is 2. The van der Waals surface area contributed by atoms with Gasteiger partial charge in [-0.3, -0.25) is 9.59 Å². The van der Waals surface area contributed by atoms with Crippen molar-refractivity contribution in [2.75, 3.05) is 32.8 Å². The standard InChI is InChI=1S/C15H21N3O3/c1-12-9-16-7-8-18(12)15(20)10-17-14(19)11-21-13-5-3-2-4-6-13/h2-6,12,16H,7-11H2,1H3,(H,17,19). The van der Waals surface area contributed by atoms with Crippen LogP contribution in [-0.4, -0.2) is 55.5 Å². The Bertz CT molecular complexity index is 478. The summed E-state index contributed by atoms with van der Waals surface area (Å²) in [6.07, 6.45) is 0. The Hall–Kier alpha value is -2.08. The van der Waals surface area contributed by atoms with E-state index in [-0.39, 0.29) is 31.0 Å². The van der Waals surface area contributed by atoms with E-state index in [0.717, 1.165) is 13.1 Å². The second-order valence-electron chi connectivity index (χ2n) is 5.02. The molecule has 1 saturated heterocycles. The molecular formula is C15H21N3O3. The van der Waals surface area contributed by atoms with Crippen LogP contribution in [0.1, 0.15) is 6.92 Å². The van der Waals surface area contributed by atoms with Crippen molar-refractivity contribution in [1.82, 2.24) is 15.5 Å². The lowest BCUT2D eigenvalue weighted by molar-refractivity contribution is -0.135. The third-order valence-electron chi connectivity index (χ3n) is 3.37. The van der Waals surface area contributed by atoms with Gasteiger partial charge < -0.3 is 20.3 Å². The second kappa shape index (κ2) is 7.64. The lowest BCUT2D eigenvalue weighted by Gasteiger charge is -2.34. The highest BCUT2D eigenvalue weighted by molar-refractivity contribution is 5.85. The van der Waals surface area contributed by atoms with Crippen molar-refractivity contribution in [3.63, 3.8) is 0 Å². The molecule has 21 heavy (non-hydrogen) atoms. The molecule has 2 N–H and O–H groups in total. The van der Waals surface area contributed by atoms with Gasteiger partial charge in [-0.25, -0.2) is 0 Å². The summed E-state index contributed by atoms with van der Waals surface area (Å²) in [5, 5.41) is 5.82. The third-order valence-corrected chi connectivity index (χ3v) is 3.37. The van der Waals surface area contributed by atoms with Crippen molar-refractivity contribution in [2.45, 2.75) is 13.0 Å². The molecule has 2 rings (SSSR count). The van der Waals surface area contributed by atoms with E-state index >= 15 is 0 Å². The first kappa shape index (κ1) is 15.3. The topological polar surface area (TPSA) is 70.7 Å². The van der Waals surface area contributed by atoms with Crippen LogP contribution < -0.4 is 15.4 Å². The minimum absolute atomic E-state index is 0.0152. The summed E-state index contributed by atoms with van der Waals surface area (Å²) in [7, 11) is 0. The summed E-state index contributed by atoms with van der Waals surface area (Å²) in [5.74, 6) is 0.279. The van der Waals surface area contributed by atoms with Gasteiger partial charge in [-0.2, -0.15) is 0 Å².